The van der Waals surface area contributed by atoms with Crippen molar-refractivity contribution in [2.75, 3.05) is 33.7 Å². The molecule has 1 aromatic rings. The quantitative estimate of drug-likeness (QED) is 0.859. The molecule has 2 heterocycles. The van der Waals surface area contributed by atoms with Crippen LogP contribution in [0.2, 0.25) is 0 Å². The number of amides is 1. The molecule has 6 heteroatoms. The van der Waals surface area contributed by atoms with Crippen LogP contribution in [0.3, 0.4) is 0 Å². The second-order valence-corrected chi connectivity index (χ2v) is 5.74. The number of imidazole rings is 1. The van der Waals surface area contributed by atoms with Crippen LogP contribution < -0.4 is 0 Å². The van der Waals surface area contributed by atoms with Crippen molar-refractivity contribution in [2.45, 2.75) is 18.9 Å². The van der Waals surface area contributed by atoms with Crippen LogP contribution in [-0.2, 0) is 11.8 Å². The van der Waals surface area contributed by atoms with Crippen LogP contribution in [-0.4, -0.2) is 64.1 Å². The number of likely N-dealkylation sites (N-methyl/N-ethyl adjacent to an activating group) is 1. The van der Waals surface area contributed by atoms with Crippen molar-refractivity contribution >= 4 is 5.91 Å². The fraction of sp³-hybridized carbons (Fsp3) is 0.714. The molecule has 0 aliphatic carbocycles. The molecule has 1 N–H and O–H groups in total. The molecule has 1 saturated heterocycles. The number of carbonyl (C=O) groups excluding carboxylic acids is 1. The van der Waals surface area contributed by atoms with Crippen molar-refractivity contribution in [3.8, 4) is 0 Å². The molecule has 1 aromatic heterocycles. The van der Waals surface area contributed by atoms with E-state index >= 15 is 0 Å². The number of nitrogens with zero attached hydrogens (tertiary/aromatic N) is 4. The number of aliphatic hydroxyl groups is 1. The number of hydrogen-bond donors (Lipinski definition) is 1. The maximum Gasteiger partial charge on any atom is 0.236 e. The molecule has 0 radical (unpaired) electrons. The third kappa shape index (κ3) is 3.37. The Kier molecular flexibility index (Phi) is 4.77. The topological polar surface area (TPSA) is 61.6 Å². The molecule has 1 atom stereocenters. The first-order valence-corrected chi connectivity index (χ1v) is 7.07. The maximum atomic E-state index is 11.7. The van der Waals surface area contributed by atoms with Crippen LogP contribution in [0.25, 0.3) is 0 Å². The van der Waals surface area contributed by atoms with Crippen LogP contribution in [0.15, 0.2) is 12.4 Å². The highest BCUT2D eigenvalue weighted by Gasteiger charge is 2.29. The van der Waals surface area contributed by atoms with Gasteiger partial charge in [0.2, 0.25) is 5.91 Å². The van der Waals surface area contributed by atoms with Crippen LogP contribution in [0.5, 0.6) is 0 Å². The smallest absolute Gasteiger partial charge is 0.236 e. The van der Waals surface area contributed by atoms with Crippen molar-refractivity contribution in [3.63, 3.8) is 0 Å². The number of aromatic nitrogens is 2. The number of aliphatic hydroxyl groups excluding tert-OH is 1. The van der Waals surface area contributed by atoms with Gasteiger partial charge in [0.05, 0.1) is 6.54 Å². The highest BCUT2D eigenvalue weighted by atomic mass is 16.3. The van der Waals surface area contributed by atoms with E-state index in [-0.39, 0.29) is 11.8 Å². The zero-order chi connectivity index (χ0) is 14.7. The van der Waals surface area contributed by atoms with E-state index in [1.54, 1.807) is 25.2 Å². The minimum absolute atomic E-state index is 0.132. The van der Waals surface area contributed by atoms with Gasteiger partial charge in [-0.1, -0.05) is 0 Å². The summed E-state index contributed by atoms with van der Waals surface area (Å²) >= 11 is 0. The number of likely N-dealkylation sites (tertiary alicyclic amines) is 1. The van der Waals surface area contributed by atoms with Gasteiger partial charge in [-0.3, -0.25) is 9.69 Å². The molecule has 0 saturated carbocycles. The standard InChI is InChI=1S/C14H24N4O2/c1-16(2)12(19)10-18-7-4-11(5-8-18)13(20)14-15-6-9-17(14)3/h6,9,11,13,20H,4-5,7-8,10H2,1-3H3. The minimum Gasteiger partial charge on any atom is -0.385 e. The van der Waals surface area contributed by atoms with E-state index in [1.165, 1.54) is 0 Å². The molecule has 1 aliphatic heterocycles. The summed E-state index contributed by atoms with van der Waals surface area (Å²) in [7, 11) is 5.45. The van der Waals surface area contributed by atoms with Crippen molar-refractivity contribution in [2.24, 2.45) is 13.0 Å². The first kappa shape index (κ1) is 15.0. The van der Waals surface area contributed by atoms with Crippen molar-refractivity contribution < 1.29 is 9.90 Å². The lowest BCUT2D eigenvalue weighted by Crippen LogP contribution is -2.42. The summed E-state index contributed by atoms with van der Waals surface area (Å²) in [6, 6.07) is 0. The number of carbonyl (C=O) groups is 1. The van der Waals surface area contributed by atoms with Crippen LogP contribution >= 0.6 is 0 Å². The number of piperidine rings is 1. The lowest BCUT2D eigenvalue weighted by Gasteiger charge is -2.34. The molecule has 20 heavy (non-hydrogen) atoms. The van der Waals surface area contributed by atoms with Gasteiger partial charge < -0.3 is 14.6 Å². The van der Waals surface area contributed by atoms with Gasteiger partial charge >= 0.3 is 0 Å². The lowest BCUT2D eigenvalue weighted by atomic mass is 9.90. The molecule has 6 nitrogen and oxygen atoms in total. The monoisotopic (exact) mass is 280 g/mol. The van der Waals surface area contributed by atoms with Gasteiger partial charge in [0.1, 0.15) is 11.9 Å². The number of aryl methyl sites for hydroxylation is 1. The van der Waals surface area contributed by atoms with Crippen LogP contribution in [0.4, 0.5) is 0 Å². The summed E-state index contributed by atoms with van der Waals surface area (Å²) in [5.74, 6) is 1.09. The molecule has 1 unspecified atom stereocenters. The van der Waals surface area contributed by atoms with Gasteiger partial charge in [0, 0.05) is 33.5 Å². The summed E-state index contributed by atoms with van der Waals surface area (Å²) in [5.41, 5.74) is 0. The highest BCUT2D eigenvalue weighted by molar-refractivity contribution is 5.77. The SMILES string of the molecule is CN(C)C(=O)CN1CCC(C(O)c2nccn2C)CC1. The second-order valence-electron chi connectivity index (χ2n) is 5.74. The largest absolute Gasteiger partial charge is 0.385 e. The molecule has 2 rings (SSSR count). The van der Waals surface area contributed by atoms with Crippen LogP contribution in [0.1, 0.15) is 24.8 Å². The average molecular weight is 280 g/mol. The van der Waals surface area contributed by atoms with E-state index in [1.807, 2.05) is 17.8 Å². The van der Waals surface area contributed by atoms with Gasteiger partial charge in [-0.05, 0) is 31.8 Å². The molecule has 1 aliphatic rings. The molecule has 1 fully saturated rings. The average Bonchev–Trinajstić information content (AvgIpc) is 2.85. The first-order chi connectivity index (χ1) is 9.49. The Labute approximate surface area is 120 Å². The Morgan fingerprint density at radius 2 is 2.15 bits per heavy atom. The molecule has 1 amide bonds. The first-order valence-electron chi connectivity index (χ1n) is 7.07. The Morgan fingerprint density at radius 3 is 2.65 bits per heavy atom. The van der Waals surface area contributed by atoms with E-state index in [2.05, 4.69) is 9.88 Å². The summed E-state index contributed by atoms with van der Waals surface area (Å²) in [5, 5.41) is 10.4. The van der Waals surface area contributed by atoms with Gasteiger partial charge in [-0.2, -0.15) is 0 Å². The normalized spacial score (nSPS) is 19.0. The summed E-state index contributed by atoms with van der Waals surface area (Å²) in [4.78, 5) is 19.7. The number of rotatable bonds is 4. The van der Waals surface area contributed by atoms with Crippen molar-refractivity contribution in [1.29, 1.82) is 0 Å². The number of hydrogen-bond acceptors (Lipinski definition) is 4. The third-order valence-electron chi connectivity index (χ3n) is 4.06. The van der Waals surface area contributed by atoms with Gasteiger partial charge in [-0.25, -0.2) is 4.98 Å². The van der Waals surface area contributed by atoms with Gasteiger partial charge in [0.15, 0.2) is 0 Å². The van der Waals surface area contributed by atoms with Crippen molar-refractivity contribution in [1.82, 2.24) is 19.4 Å². The molecule has 0 bridgehead atoms. The van der Waals surface area contributed by atoms with Gasteiger partial charge in [-0.15, -0.1) is 0 Å². The molecular weight excluding hydrogens is 256 g/mol. The van der Waals surface area contributed by atoms with Gasteiger partial charge in [0.25, 0.3) is 0 Å². The molecular formula is C14H24N4O2. The third-order valence-corrected chi connectivity index (χ3v) is 4.06. The fourth-order valence-corrected chi connectivity index (χ4v) is 2.63. The predicted octanol–water partition coefficient (Wildman–Crippen LogP) is 0.254. The van der Waals surface area contributed by atoms with E-state index in [0.29, 0.717) is 6.54 Å². The molecule has 112 valence electrons. The van der Waals surface area contributed by atoms with E-state index in [0.717, 1.165) is 31.8 Å². The Bertz CT molecular complexity index is 450. The molecule has 0 aromatic carbocycles. The maximum absolute atomic E-state index is 11.7. The lowest BCUT2D eigenvalue weighted by molar-refractivity contribution is -0.130. The Balaban J connectivity index is 1.85. The van der Waals surface area contributed by atoms with E-state index in [9.17, 15) is 9.90 Å². The Hall–Kier alpha value is -1.40. The second kappa shape index (κ2) is 6.37. The zero-order valence-electron chi connectivity index (χ0n) is 12.5. The fourth-order valence-electron chi connectivity index (χ4n) is 2.63. The van der Waals surface area contributed by atoms with Crippen molar-refractivity contribution in [3.05, 3.63) is 18.2 Å². The summed E-state index contributed by atoms with van der Waals surface area (Å²) in [6.45, 7) is 2.18. The van der Waals surface area contributed by atoms with E-state index in [4.69, 9.17) is 0 Å². The summed E-state index contributed by atoms with van der Waals surface area (Å²) in [6.07, 6.45) is 4.85. The van der Waals surface area contributed by atoms with E-state index < -0.39 is 6.10 Å². The zero-order valence-corrected chi connectivity index (χ0v) is 12.5. The summed E-state index contributed by atoms with van der Waals surface area (Å²) < 4.78 is 1.87. The highest BCUT2D eigenvalue weighted by Crippen LogP contribution is 2.29. The molecule has 0 spiro atoms. The Morgan fingerprint density at radius 1 is 1.50 bits per heavy atom. The predicted molar refractivity (Wildman–Crippen MR) is 76.0 cm³/mol. The minimum atomic E-state index is -0.512. The van der Waals surface area contributed by atoms with Crippen LogP contribution in [0, 0.1) is 5.92 Å².